The van der Waals surface area contributed by atoms with Crippen molar-refractivity contribution in [3.8, 4) is 5.75 Å². The van der Waals surface area contributed by atoms with Crippen LogP contribution in [0.2, 0.25) is 0 Å². The number of hydrogen-bond donors (Lipinski definition) is 2. The Bertz CT molecular complexity index is 750. The van der Waals surface area contributed by atoms with Crippen molar-refractivity contribution in [1.82, 2.24) is 10.6 Å². The first-order valence-corrected chi connectivity index (χ1v) is 9.72. The molecule has 0 saturated carbocycles. The molecule has 162 valence electrons. The fourth-order valence-electron chi connectivity index (χ4n) is 3.45. The lowest BCUT2D eigenvalue weighted by atomic mass is 9.92. The van der Waals surface area contributed by atoms with E-state index >= 15 is 0 Å². The third kappa shape index (κ3) is 7.57. The average molecular weight is 469 g/mol. The highest BCUT2D eigenvalue weighted by molar-refractivity contribution is 8.00. The largest absolute Gasteiger partial charge is 0.496 e. The molecule has 0 radical (unpaired) electrons. The topological polar surface area (TPSA) is 33.3 Å². The number of alkyl halides is 3. The van der Waals surface area contributed by atoms with Gasteiger partial charge in [-0.3, -0.25) is 0 Å². The first-order valence-electron chi connectivity index (χ1n) is 8.90. The molecular formula is C20H25Cl2F3N2OS. The number of nitrogens with one attached hydrogen (secondary N) is 2. The molecule has 2 atom stereocenters. The number of piperidine rings is 1. The van der Waals surface area contributed by atoms with Gasteiger partial charge in [0.25, 0.3) is 0 Å². The predicted molar refractivity (Wildman–Crippen MR) is 116 cm³/mol. The summed E-state index contributed by atoms with van der Waals surface area (Å²) >= 11 is -0.103. The zero-order valence-corrected chi connectivity index (χ0v) is 18.3. The molecule has 1 heterocycles. The third-order valence-electron chi connectivity index (χ3n) is 4.66. The van der Waals surface area contributed by atoms with E-state index in [-0.39, 0.29) is 53.6 Å². The van der Waals surface area contributed by atoms with Crippen molar-refractivity contribution in [2.24, 2.45) is 0 Å². The fraction of sp³-hybridized carbons (Fsp3) is 0.400. The highest BCUT2D eigenvalue weighted by Crippen LogP contribution is 2.38. The average Bonchev–Trinajstić information content (AvgIpc) is 2.66. The second-order valence-electron chi connectivity index (χ2n) is 6.49. The van der Waals surface area contributed by atoms with Crippen LogP contribution < -0.4 is 15.4 Å². The molecule has 9 heteroatoms. The highest BCUT2D eigenvalue weighted by Gasteiger charge is 2.30. The minimum atomic E-state index is -4.30. The van der Waals surface area contributed by atoms with Gasteiger partial charge in [-0.2, -0.15) is 13.2 Å². The van der Waals surface area contributed by atoms with Crippen LogP contribution in [0, 0.1) is 0 Å². The molecule has 0 aliphatic carbocycles. The van der Waals surface area contributed by atoms with E-state index in [2.05, 4.69) is 22.8 Å². The van der Waals surface area contributed by atoms with E-state index < -0.39 is 5.51 Å². The molecule has 2 aromatic rings. The lowest BCUT2D eigenvalue weighted by molar-refractivity contribution is -0.0328. The van der Waals surface area contributed by atoms with Crippen molar-refractivity contribution >= 4 is 36.6 Å². The number of methoxy groups -OCH3 is 1. The van der Waals surface area contributed by atoms with Gasteiger partial charge in [-0.05, 0) is 54.9 Å². The van der Waals surface area contributed by atoms with E-state index in [1.54, 1.807) is 12.1 Å². The number of benzene rings is 2. The van der Waals surface area contributed by atoms with Gasteiger partial charge in [-0.15, -0.1) is 24.8 Å². The quantitative estimate of drug-likeness (QED) is 0.530. The van der Waals surface area contributed by atoms with Crippen LogP contribution in [-0.4, -0.2) is 25.2 Å². The summed E-state index contributed by atoms with van der Waals surface area (Å²) in [4.78, 5) is 0.168. The summed E-state index contributed by atoms with van der Waals surface area (Å²) in [6.07, 6.45) is 2.06. The van der Waals surface area contributed by atoms with Crippen LogP contribution in [0.5, 0.6) is 5.75 Å². The Morgan fingerprint density at radius 2 is 1.86 bits per heavy atom. The van der Waals surface area contributed by atoms with Gasteiger partial charge in [0.1, 0.15) is 5.75 Å². The molecule has 1 saturated heterocycles. The predicted octanol–water partition coefficient (Wildman–Crippen LogP) is 5.73. The first-order chi connectivity index (χ1) is 13.0. The van der Waals surface area contributed by atoms with Crippen molar-refractivity contribution in [3.63, 3.8) is 0 Å². The van der Waals surface area contributed by atoms with Crippen LogP contribution in [-0.2, 0) is 6.54 Å². The van der Waals surface area contributed by atoms with Crippen LogP contribution in [0.1, 0.15) is 30.0 Å². The molecular weight excluding hydrogens is 444 g/mol. The molecule has 3 nitrogen and oxygen atoms in total. The summed E-state index contributed by atoms with van der Waals surface area (Å²) in [6.45, 7) is 1.41. The van der Waals surface area contributed by atoms with E-state index in [9.17, 15) is 13.2 Å². The van der Waals surface area contributed by atoms with Crippen LogP contribution in [0.25, 0.3) is 0 Å². The Labute approximate surface area is 186 Å². The molecule has 0 amide bonds. The Kier molecular flexibility index (Phi) is 10.6. The minimum Gasteiger partial charge on any atom is -0.496 e. The van der Waals surface area contributed by atoms with Gasteiger partial charge in [0.2, 0.25) is 0 Å². The summed E-state index contributed by atoms with van der Waals surface area (Å²) in [6, 6.07) is 15.2. The second-order valence-corrected chi connectivity index (χ2v) is 7.63. The smallest absolute Gasteiger partial charge is 0.446 e. The summed E-state index contributed by atoms with van der Waals surface area (Å²) < 4.78 is 43.4. The SMILES string of the molecule is COc1ccc(SC(F)(F)F)cc1CN[C@H]1CCCN[C@H]1c1ccccc1.Cl.Cl. The summed E-state index contributed by atoms with van der Waals surface area (Å²) in [5, 5.41) is 7.06. The Hall–Kier alpha value is -1.12. The molecule has 1 aliphatic rings. The standard InChI is InChI=1S/C20H23F3N2OS.2ClH/c1-26-18-10-9-16(27-20(21,22)23)12-15(18)13-25-17-8-5-11-24-19(17)14-6-3-2-4-7-14;;/h2-4,6-7,9-10,12,17,19,24-25H,5,8,11,13H2,1H3;2*1H/t17-,19-;;/m0../s1. The lowest BCUT2D eigenvalue weighted by Gasteiger charge is -2.34. The van der Waals surface area contributed by atoms with Crippen LogP contribution in [0.4, 0.5) is 13.2 Å². The van der Waals surface area contributed by atoms with Crippen molar-refractivity contribution in [2.45, 2.75) is 41.9 Å². The maximum atomic E-state index is 12.7. The van der Waals surface area contributed by atoms with Crippen molar-refractivity contribution in [2.75, 3.05) is 13.7 Å². The zero-order chi connectivity index (χ0) is 19.3. The molecule has 2 aromatic carbocycles. The van der Waals surface area contributed by atoms with Gasteiger partial charge in [0.05, 0.1) is 7.11 Å². The molecule has 0 spiro atoms. The molecule has 0 unspecified atom stereocenters. The molecule has 1 aliphatic heterocycles. The summed E-state index contributed by atoms with van der Waals surface area (Å²) in [7, 11) is 1.53. The van der Waals surface area contributed by atoms with Crippen molar-refractivity contribution in [3.05, 3.63) is 59.7 Å². The van der Waals surface area contributed by atoms with E-state index in [4.69, 9.17) is 4.74 Å². The number of thioether (sulfide) groups is 1. The molecule has 2 N–H and O–H groups in total. The number of ether oxygens (including phenoxy) is 1. The van der Waals surface area contributed by atoms with E-state index in [1.807, 2.05) is 18.2 Å². The van der Waals surface area contributed by atoms with Crippen LogP contribution >= 0.6 is 36.6 Å². The normalized spacial score (nSPS) is 19.0. The maximum absolute atomic E-state index is 12.7. The minimum absolute atomic E-state index is 0. The fourth-order valence-corrected chi connectivity index (χ4v) is 4.05. The monoisotopic (exact) mass is 468 g/mol. The lowest BCUT2D eigenvalue weighted by Crippen LogP contribution is -2.45. The number of hydrogen-bond acceptors (Lipinski definition) is 4. The van der Waals surface area contributed by atoms with E-state index in [0.29, 0.717) is 12.3 Å². The molecule has 0 bridgehead atoms. The van der Waals surface area contributed by atoms with E-state index in [1.165, 1.54) is 18.7 Å². The van der Waals surface area contributed by atoms with Crippen molar-refractivity contribution < 1.29 is 17.9 Å². The van der Waals surface area contributed by atoms with Gasteiger partial charge < -0.3 is 15.4 Å². The van der Waals surface area contributed by atoms with Gasteiger partial charge in [0, 0.05) is 29.1 Å². The van der Waals surface area contributed by atoms with Crippen molar-refractivity contribution in [1.29, 1.82) is 0 Å². The highest BCUT2D eigenvalue weighted by atomic mass is 35.5. The number of halogens is 5. The number of rotatable bonds is 6. The van der Waals surface area contributed by atoms with Crippen LogP contribution in [0.3, 0.4) is 0 Å². The maximum Gasteiger partial charge on any atom is 0.446 e. The van der Waals surface area contributed by atoms with Gasteiger partial charge in [0.15, 0.2) is 0 Å². The molecule has 3 rings (SSSR count). The molecule has 1 fully saturated rings. The third-order valence-corrected chi connectivity index (χ3v) is 5.38. The Morgan fingerprint density at radius 3 is 2.52 bits per heavy atom. The van der Waals surface area contributed by atoms with Gasteiger partial charge in [-0.25, -0.2) is 0 Å². The van der Waals surface area contributed by atoms with Crippen LogP contribution in [0.15, 0.2) is 53.4 Å². The molecule has 29 heavy (non-hydrogen) atoms. The zero-order valence-electron chi connectivity index (χ0n) is 15.9. The Morgan fingerprint density at radius 1 is 1.14 bits per heavy atom. The second kappa shape index (κ2) is 11.9. The Balaban J connectivity index is 0.00000210. The molecule has 0 aromatic heterocycles. The summed E-state index contributed by atoms with van der Waals surface area (Å²) in [5.41, 5.74) is -2.36. The first kappa shape index (κ1) is 25.9. The van der Waals surface area contributed by atoms with Gasteiger partial charge in [-0.1, -0.05) is 30.3 Å². The van der Waals surface area contributed by atoms with Gasteiger partial charge >= 0.3 is 5.51 Å². The van der Waals surface area contributed by atoms with E-state index in [0.717, 1.165) is 24.9 Å². The summed E-state index contributed by atoms with van der Waals surface area (Å²) in [5.74, 6) is 0.592.